The summed E-state index contributed by atoms with van der Waals surface area (Å²) in [6.45, 7) is 0. The lowest BCUT2D eigenvalue weighted by molar-refractivity contribution is -0.143. The second-order valence-electron chi connectivity index (χ2n) is 6.29. The van der Waals surface area contributed by atoms with Crippen molar-refractivity contribution >= 4 is 45.3 Å². The maximum absolute atomic E-state index is 12.6. The molecule has 1 heterocycles. The summed E-state index contributed by atoms with van der Waals surface area (Å²) in [6.07, 6.45) is 0.281. The SMILES string of the molecule is COC(=O)C(NC(=O)c1ccc(N2NC(=O)CCC2=O)cc1)c1ccc(Br)cc1. The van der Waals surface area contributed by atoms with Crippen LogP contribution in [0.5, 0.6) is 0 Å². The molecule has 1 aliphatic heterocycles. The highest BCUT2D eigenvalue weighted by atomic mass is 79.9. The molecule has 0 aromatic heterocycles. The summed E-state index contributed by atoms with van der Waals surface area (Å²) in [6, 6.07) is 12.1. The molecule has 3 amide bonds. The van der Waals surface area contributed by atoms with E-state index in [0.29, 0.717) is 11.3 Å². The van der Waals surface area contributed by atoms with E-state index in [-0.39, 0.29) is 30.2 Å². The average molecular weight is 460 g/mol. The Morgan fingerprint density at radius 2 is 1.72 bits per heavy atom. The van der Waals surface area contributed by atoms with Crippen molar-refractivity contribution < 1.29 is 23.9 Å². The number of rotatable bonds is 5. The molecular formula is C20H18BrN3O5. The van der Waals surface area contributed by atoms with Crippen LogP contribution in [0.1, 0.15) is 34.8 Å². The van der Waals surface area contributed by atoms with Crippen LogP contribution in [0.15, 0.2) is 53.0 Å². The van der Waals surface area contributed by atoms with Gasteiger partial charge >= 0.3 is 5.97 Å². The number of halogens is 1. The Labute approximate surface area is 175 Å². The zero-order chi connectivity index (χ0) is 21.0. The van der Waals surface area contributed by atoms with Gasteiger partial charge in [0.1, 0.15) is 0 Å². The standard InChI is InChI=1S/C20H18BrN3O5/c1-29-20(28)18(12-2-6-14(21)7-3-12)22-19(27)13-4-8-15(9-5-13)24-17(26)11-10-16(25)23-24/h2-9,18H,10-11H2,1H3,(H,22,27)(H,23,25). The van der Waals surface area contributed by atoms with Gasteiger partial charge < -0.3 is 10.1 Å². The molecule has 0 saturated carbocycles. The van der Waals surface area contributed by atoms with Gasteiger partial charge in [0.2, 0.25) is 11.8 Å². The van der Waals surface area contributed by atoms with E-state index in [1.807, 2.05) is 0 Å². The third-order valence-corrected chi connectivity index (χ3v) is 4.88. The van der Waals surface area contributed by atoms with Crippen molar-refractivity contribution in [3.8, 4) is 0 Å². The summed E-state index contributed by atoms with van der Waals surface area (Å²) in [5, 5.41) is 3.81. The number of hydrogen-bond acceptors (Lipinski definition) is 5. The summed E-state index contributed by atoms with van der Waals surface area (Å²) in [7, 11) is 1.25. The van der Waals surface area contributed by atoms with Crippen molar-refractivity contribution in [3.05, 3.63) is 64.1 Å². The van der Waals surface area contributed by atoms with Gasteiger partial charge in [-0.3, -0.25) is 19.8 Å². The number of nitrogens with one attached hydrogen (secondary N) is 2. The summed E-state index contributed by atoms with van der Waals surface area (Å²) in [5.41, 5.74) is 3.80. The van der Waals surface area contributed by atoms with E-state index in [2.05, 4.69) is 26.7 Å². The van der Waals surface area contributed by atoms with E-state index in [1.54, 1.807) is 36.4 Å². The van der Waals surface area contributed by atoms with Gasteiger partial charge in [-0.2, -0.15) is 0 Å². The molecule has 2 aromatic carbocycles. The number of hydrazine groups is 1. The number of ether oxygens (including phenoxy) is 1. The van der Waals surface area contributed by atoms with Gasteiger partial charge in [0.05, 0.1) is 12.8 Å². The van der Waals surface area contributed by atoms with Gasteiger partial charge in [0.15, 0.2) is 6.04 Å². The molecule has 8 nitrogen and oxygen atoms in total. The van der Waals surface area contributed by atoms with Crippen LogP contribution in [-0.2, 0) is 19.1 Å². The second-order valence-corrected chi connectivity index (χ2v) is 7.21. The van der Waals surface area contributed by atoms with Crippen LogP contribution in [0.3, 0.4) is 0 Å². The smallest absolute Gasteiger partial charge is 0.333 e. The molecule has 29 heavy (non-hydrogen) atoms. The van der Waals surface area contributed by atoms with Crippen molar-refractivity contribution in [2.75, 3.05) is 12.1 Å². The minimum Gasteiger partial charge on any atom is -0.467 e. The molecule has 1 aliphatic rings. The number of methoxy groups -OCH3 is 1. The highest BCUT2D eigenvalue weighted by Gasteiger charge is 2.26. The lowest BCUT2D eigenvalue weighted by atomic mass is 10.1. The Kier molecular flexibility index (Phi) is 6.28. The van der Waals surface area contributed by atoms with Crippen LogP contribution >= 0.6 is 15.9 Å². The van der Waals surface area contributed by atoms with Gasteiger partial charge in [-0.25, -0.2) is 9.80 Å². The quantitative estimate of drug-likeness (QED) is 0.667. The van der Waals surface area contributed by atoms with Crippen molar-refractivity contribution in [1.29, 1.82) is 0 Å². The fourth-order valence-corrected chi connectivity index (χ4v) is 3.08. The zero-order valence-electron chi connectivity index (χ0n) is 15.5. The van der Waals surface area contributed by atoms with Crippen molar-refractivity contribution in [1.82, 2.24) is 10.7 Å². The van der Waals surface area contributed by atoms with Crippen LogP contribution < -0.4 is 15.8 Å². The molecule has 1 unspecified atom stereocenters. The molecule has 150 valence electrons. The predicted octanol–water partition coefficient (Wildman–Crippen LogP) is 2.25. The molecule has 1 saturated heterocycles. The first kappa shape index (κ1) is 20.5. The van der Waals surface area contributed by atoms with Gasteiger partial charge in [0.25, 0.3) is 5.91 Å². The molecule has 3 rings (SSSR count). The Balaban J connectivity index is 1.76. The molecule has 9 heteroatoms. The fraction of sp³-hybridized carbons (Fsp3) is 0.200. The highest BCUT2D eigenvalue weighted by Crippen LogP contribution is 2.21. The molecule has 1 fully saturated rings. The molecule has 0 spiro atoms. The minimum absolute atomic E-state index is 0.127. The van der Waals surface area contributed by atoms with Gasteiger partial charge in [-0.05, 0) is 42.0 Å². The number of benzene rings is 2. The van der Waals surface area contributed by atoms with E-state index < -0.39 is 17.9 Å². The maximum Gasteiger partial charge on any atom is 0.333 e. The van der Waals surface area contributed by atoms with Gasteiger partial charge in [-0.15, -0.1) is 0 Å². The normalized spacial score (nSPS) is 14.8. The first-order valence-corrected chi connectivity index (χ1v) is 9.55. The fourth-order valence-electron chi connectivity index (χ4n) is 2.81. The van der Waals surface area contributed by atoms with E-state index >= 15 is 0 Å². The third-order valence-electron chi connectivity index (χ3n) is 4.36. The van der Waals surface area contributed by atoms with Crippen LogP contribution in [-0.4, -0.2) is 30.8 Å². The van der Waals surface area contributed by atoms with Crippen LogP contribution in [0, 0.1) is 0 Å². The molecular weight excluding hydrogens is 442 g/mol. The number of carbonyl (C=O) groups is 4. The summed E-state index contributed by atoms with van der Waals surface area (Å²) < 4.78 is 5.64. The summed E-state index contributed by atoms with van der Waals surface area (Å²) >= 11 is 3.33. The Morgan fingerprint density at radius 1 is 1.07 bits per heavy atom. The van der Waals surface area contributed by atoms with E-state index in [9.17, 15) is 19.2 Å². The number of esters is 1. The van der Waals surface area contributed by atoms with E-state index in [4.69, 9.17) is 4.74 Å². The number of hydrogen-bond donors (Lipinski definition) is 2. The lowest BCUT2D eigenvalue weighted by Gasteiger charge is -2.27. The zero-order valence-corrected chi connectivity index (χ0v) is 17.1. The van der Waals surface area contributed by atoms with E-state index in [1.165, 1.54) is 19.2 Å². The average Bonchev–Trinajstić information content (AvgIpc) is 2.74. The summed E-state index contributed by atoms with van der Waals surface area (Å²) in [4.78, 5) is 48.3. The maximum atomic E-state index is 12.6. The highest BCUT2D eigenvalue weighted by molar-refractivity contribution is 9.10. The molecule has 1 atom stereocenters. The lowest BCUT2D eigenvalue weighted by Crippen LogP contribution is -2.50. The molecule has 2 aromatic rings. The van der Waals surface area contributed by atoms with Crippen LogP contribution in [0.2, 0.25) is 0 Å². The van der Waals surface area contributed by atoms with Crippen molar-refractivity contribution in [3.63, 3.8) is 0 Å². The number of nitrogens with zero attached hydrogens (tertiary/aromatic N) is 1. The van der Waals surface area contributed by atoms with Gasteiger partial charge in [-0.1, -0.05) is 28.1 Å². The second kappa shape index (κ2) is 8.87. The number of anilines is 1. The molecule has 0 aliphatic carbocycles. The first-order chi connectivity index (χ1) is 13.9. The van der Waals surface area contributed by atoms with Crippen LogP contribution in [0.4, 0.5) is 5.69 Å². The van der Waals surface area contributed by atoms with Crippen LogP contribution in [0.25, 0.3) is 0 Å². The van der Waals surface area contributed by atoms with Crippen molar-refractivity contribution in [2.45, 2.75) is 18.9 Å². The largest absolute Gasteiger partial charge is 0.467 e. The van der Waals surface area contributed by atoms with Gasteiger partial charge in [0, 0.05) is 22.9 Å². The Bertz CT molecular complexity index is 944. The Morgan fingerprint density at radius 3 is 2.34 bits per heavy atom. The topological polar surface area (TPSA) is 105 Å². The number of carbonyl (C=O) groups excluding carboxylic acids is 4. The van der Waals surface area contributed by atoms with E-state index in [0.717, 1.165) is 9.48 Å². The Hall–Kier alpha value is -3.20. The molecule has 2 N–H and O–H groups in total. The monoisotopic (exact) mass is 459 g/mol. The summed E-state index contributed by atoms with van der Waals surface area (Å²) in [5.74, 6) is -1.56. The molecule has 0 radical (unpaired) electrons. The van der Waals surface area contributed by atoms with Crippen molar-refractivity contribution in [2.24, 2.45) is 0 Å². The predicted molar refractivity (Wildman–Crippen MR) is 108 cm³/mol. The molecule has 0 bridgehead atoms. The minimum atomic E-state index is -0.969. The first-order valence-electron chi connectivity index (χ1n) is 8.75. The number of amides is 3. The third kappa shape index (κ3) is 4.80.